The Hall–Kier alpha value is -0.320. The molecule has 0 amide bonds. The first kappa shape index (κ1) is 13.1. The van der Waals surface area contributed by atoms with Crippen LogP contribution < -0.4 is 5.32 Å². The molecule has 1 aliphatic rings. The minimum absolute atomic E-state index is 0.381. The molecule has 1 aromatic heterocycles. The molecule has 2 rings (SSSR count). The van der Waals surface area contributed by atoms with E-state index >= 15 is 0 Å². The van der Waals surface area contributed by atoms with Crippen molar-refractivity contribution in [1.82, 2.24) is 5.32 Å². The second-order valence-electron chi connectivity index (χ2n) is 4.53. The lowest BCUT2D eigenvalue weighted by Gasteiger charge is -2.30. The van der Waals surface area contributed by atoms with Crippen molar-refractivity contribution in [3.8, 4) is 0 Å². The number of hydrogen-bond acceptors (Lipinski definition) is 3. The highest BCUT2D eigenvalue weighted by Gasteiger charge is 2.27. The highest BCUT2D eigenvalue weighted by atomic mass is 79.9. The zero-order chi connectivity index (χ0) is 12.1. The Bertz CT molecular complexity index is 334. The van der Waals surface area contributed by atoms with Crippen LogP contribution in [0.25, 0.3) is 0 Å². The fourth-order valence-corrected chi connectivity index (χ4v) is 2.89. The maximum absolute atomic E-state index is 5.44. The molecule has 0 radical (unpaired) electrons. The predicted molar refractivity (Wildman–Crippen MR) is 71.0 cm³/mol. The van der Waals surface area contributed by atoms with Crippen LogP contribution in [-0.2, 0) is 4.74 Å². The molecule has 1 atom stereocenters. The zero-order valence-corrected chi connectivity index (χ0v) is 11.8. The molecule has 4 heteroatoms. The summed E-state index contributed by atoms with van der Waals surface area (Å²) < 4.78 is 11.7. The summed E-state index contributed by atoms with van der Waals surface area (Å²) in [6.45, 7) is 4.99. The molecule has 0 saturated carbocycles. The van der Waals surface area contributed by atoms with Crippen molar-refractivity contribution >= 4 is 15.9 Å². The molecular formula is C13H20BrNO2. The first-order valence-corrected chi connectivity index (χ1v) is 7.16. The lowest BCUT2D eigenvalue weighted by Crippen LogP contribution is -2.32. The van der Waals surface area contributed by atoms with Crippen molar-refractivity contribution in [1.29, 1.82) is 0 Å². The van der Waals surface area contributed by atoms with Gasteiger partial charge >= 0.3 is 0 Å². The van der Waals surface area contributed by atoms with Crippen molar-refractivity contribution < 1.29 is 9.15 Å². The van der Waals surface area contributed by atoms with E-state index in [0.717, 1.165) is 43.7 Å². The van der Waals surface area contributed by atoms with Gasteiger partial charge in [0.15, 0.2) is 4.67 Å². The number of ether oxygens (including phenoxy) is 1. The quantitative estimate of drug-likeness (QED) is 0.904. The summed E-state index contributed by atoms with van der Waals surface area (Å²) in [5.74, 6) is 0.643. The van der Waals surface area contributed by atoms with Gasteiger partial charge in [-0.15, -0.1) is 0 Å². The van der Waals surface area contributed by atoms with E-state index in [2.05, 4.69) is 34.2 Å². The predicted octanol–water partition coefficient (Wildman–Crippen LogP) is 3.51. The topological polar surface area (TPSA) is 34.4 Å². The van der Waals surface area contributed by atoms with E-state index in [-0.39, 0.29) is 0 Å². The third-order valence-electron chi connectivity index (χ3n) is 3.33. The highest BCUT2D eigenvalue weighted by Crippen LogP contribution is 2.34. The standard InChI is InChI=1S/C13H20BrNO2/c1-2-6-15-12(10-3-7-16-8-4-10)11-5-9-17-13(11)14/h5,9-10,12,15H,2-4,6-8H2,1H3. The molecule has 96 valence electrons. The summed E-state index contributed by atoms with van der Waals surface area (Å²) in [7, 11) is 0. The Kier molecular flexibility index (Phi) is 5.07. The van der Waals surface area contributed by atoms with Gasteiger partial charge in [-0.1, -0.05) is 6.92 Å². The second-order valence-corrected chi connectivity index (χ2v) is 5.25. The molecule has 1 aromatic rings. The van der Waals surface area contributed by atoms with Crippen molar-refractivity contribution in [2.75, 3.05) is 19.8 Å². The van der Waals surface area contributed by atoms with Crippen LogP contribution in [0, 0.1) is 5.92 Å². The van der Waals surface area contributed by atoms with Crippen LogP contribution in [0.5, 0.6) is 0 Å². The Morgan fingerprint density at radius 1 is 1.47 bits per heavy atom. The first-order chi connectivity index (χ1) is 8.33. The summed E-state index contributed by atoms with van der Waals surface area (Å²) in [4.78, 5) is 0. The number of furan rings is 1. The molecule has 0 aliphatic carbocycles. The minimum atomic E-state index is 0.381. The molecule has 0 spiro atoms. The van der Waals surface area contributed by atoms with Gasteiger partial charge in [0.2, 0.25) is 0 Å². The fraction of sp³-hybridized carbons (Fsp3) is 0.692. The number of rotatable bonds is 5. The number of halogens is 1. The van der Waals surface area contributed by atoms with E-state index in [9.17, 15) is 0 Å². The van der Waals surface area contributed by atoms with Crippen molar-refractivity contribution in [3.63, 3.8) is 0 Å². The monoisotopic (exact) mass is 301 g/mol. The van der Waals surface area contributed by atoms with E-state index in [1.165, 1.54) is 5.56 Å². The van der Waals surface area contributed by atoms with Gasteiger partial charge in [-0.3, -0.25) is 0 Å². The van der Waals surface area contributed by atoms with Gasteiger partial charge in [0.25, 0.3) is 0 Å². The molecule has 1 N–H and O–H groups in total. The average Bonchev–Trinajstić information content (AvgIpc) is 2.78. The van der Waals surface area contributed by atoms with E-state index in [1.807, 2.05) is 0 Å². The largest absolute Gasteiger partial charge is 0.457 e. The van der Waals surface area contributed by atoms with Gasteiger partial charge in [0.1, 0.15) is 0 Å². The van der Waals surface area contributed by atoms with Crippen LogP contribution in [0.15, 0.2) is 21.4 Å². The van der Waals surface area contributed by atoms with Crippen LogP contribution in [0.2, 0.25) is 0 Å². The van der Waals surface area contributed by atoms with Gasteiger partial charge in [-0.05, 0) is 53.7 Å². The SMILES string of the molecule is CCCNC(c1ccoc1Br)C1CCOCC1. The lowest BCUT2D eigenvalue weighted by atomic mass is 9.88. The summed E-state index contributed by atoms with van der Waals surface area (Å²) in [5, 5.41) is 3.64. The third kappa shape index (κ3) is 3.33. The minimum Gasteiger partial charge on any atom is -0.457 e. The van der Waals surface area contributed by atoms with Gasteiger partial charge in [0, 0.05) is 24.8 Å². The average molecular weight is 302 g/mol. The molecule has 2 heterocycles. The summed E-state index contributed by atoms with van der Waals surface area (Å²) in [5.41, 5.74) is 1.24. The summed E-state index contributed by atoms with van der Waals surface area (Å²) in [6, 6.07) is 2.44. The van der Waals surface area contributed by atoms with Crippen molar-refractivity contribution in [2.45, 2.75) is 32.2 Å². The molecular weight excluding hydrogens is 282 g/mol. The van der Waals surface area contributed by atoms with Crippen molar-refractivity contribution in [3.05, 3.63) is 22.6 Å². The summed E-state index contributed by atoms with van der Waals surface area (Å²) >= 11 is 3.49. The Morgan fingerprint density at radius 2 is 2.24 bits per heavy atom. The second kappa shape index (κ2) is 6.57. The van der Waals surface area contributed by atoms with Gasteiger partial charge in [-0.25, -0.2) is 0 Å². The Balaban J connectivity index is 2.09. The van der Waals surface area contributed by atoms with Crippen LogP contribution in [0.1, 0.15) is 37.8 Å². The van der Waals surface area contributed by atoms with Gasteiger partial charge < -0.3 is 14.5 Å². The van der Waals surface area contributed by atoms with E-state index in [1.54, 1.807) is 6.26 Å². The molecule has 3 nitrogen and oxygen atoms in total. The number of nitrogens with one attached hydrogen (secondary N) is 1. The highest BCUT2D eigenvalue weighted by molar-refractivity contribution is 9.10. The number of hydrogen-bond donors (Lipinski definition) is 1. The molecule has 17 heavy (non-hydrogen) atoms. The normalized spacial score (nSPS) is 19.4. The van der Waals surface area contributed by atoms with Gasteiger partial charge in [0.05, 0.1) is 6.26 Å². The third-order valence-corrected chi connectivity index (χ3v) is 3.98. The molecule has 0 bridgehead atoms. The smallest absolute Gasteiger partial charge is 0.173 e. The maximum Gasteiger partial charge on any atom is 0.173 e. The van der Waals surface area contributed by atoms with E-state index < -0.39 is 0 Å². The first-order valence-electron chi connectivity index (χ1n) is 6.37. The molecule has 1 aliphatic heterocycles. The van der Waals surface area contributed by atoms with Gasteiger partial charge in [-0.2, -0.15) is 0 Å². The summed E-state index contributed by atoms with van der Waals surface area (Å²) in [6.07, 6.45) is 5.15. The van der Waals surface area contributed by atoms with Crippen LogP contribution in [0.4, 0.5) is 0 Å². The fourth-order valence-electron chi connectivity index (χ4n) is 2.41. The molecule has 1 saturated heterocycles. The van der Waals surface area contributed by atoms with E-state index in [4.69, 9.17) is 9.15 Å². The van der Waals surface area contributed by atoms with Crippen LogP contribution in [-0.4, -0.2) is 19.8 Å². The van der Waals surface area contributed by atoms with E-state index in [0.29, 0.717) is 12.0 Å². The van der Waals surface area contributed by atoms with Crippen LogP contribution >= 0.6 is 15.9 Å². The Morgan fingerprint density at radius 3 is 2.82 bits per heavy atom. The molecule has 0 aromatic carbocycles. The van der Waals surface area contributed by atoms with Crippen LogP contribution in [0.3, 0.4) is 0 Å². The zero-order valence-electron chi connectivity index (χ0n) is 10.2. The maximum atomic E-state index is 5.44. The molecule has 1 unspecified atom stereocenters. The lowest BCUT2D eigenvalue weighted by molar-refractivity contribution is 0.0534. The Labute approximate surface area is 111 Å². The molecule has 1 fully saturated rings. The van der Waals surface area contributed by atoms with Crippen molar-refractivity contribution in [2.24, 2.45) is 5.92 Å².